The smallest absolute Gasteiger partial charge is 0.235 e. The quantitative estimate of drug-likeness (QED) is 0.837. The van der Waals surface area contributed by atoms with Crippen molar-refractivity contribution in [2.75, 3.05) is 18.9 Å². The highest BCUT2D eigenvalue weighted by molar-refractivity contribution is 6.06. The molecule has 3 nitrogen and oxygen atoms in total. The Morgan fingerprint density at radius 1 is 1.12 bits per heavy atom. The van der Waals surface area contributed by atoms with E-state index in [4.69, 9.17) is 0 Å². The van der Waals surface area contributed by atoms with Crippen molar-refractivity contribution in [1.82, 2.24) is 5.32 Å². The molecule has 2 N–H and O–H groups in total. The van der Waals surface area contributed by atoms with Crippen molar-refractivity contribution in [2.45, 2.75) is 43.4 Å². The highest BCUT2D eigenvalue weighted by Crippen LogP contribution is 2.55. The summed E-state index contributed by atoms with van der Waals surface area (Å²) < 4.78 is 0. The second-order valence-electron chi connectivity index (χ2n) is 7.73. The summed E-state index contributed by atoms with van der Waals surface area (Å²) in [6, 6.07) is 19.1. The number of para-hydroxylation sites is 1. The number of hydrogen-bond acceptors (Lipinski definition) is 2. The molecule has 1 aliphatic carbocycles. The molecular formula is C23H28N2O. The molecule has 2 aromatic rings. The Labute approximate surface area is 156 Å². The molecule has 1 amide bonds. The Morgan fingerprint density at radius 2 is 1.88 bits per heavy atom. The molecule has 0 radical (unpaired) electrons. The molecule has 3 heteroatoms. The molecule has 136 valence electrons. The first-order valence-corrected chi connectivity index (χ1v) is 9.88. The minimum atomic E-state index is -0.372. The number of fused-ring (bicyclic) bond motifs is 2. The van der Waals surface area contributed by atoms with E-state index < -0.39 is 0 Å². The van der Waals surface area contributed by atoms with Crippen LogP contribution in [0.1, 0.15) is 49.1 Å². The highest BCUT2D eigenvalue weighted by Gasteiger charge is 2.54. The van der Waals surface area contributed by atoms with Gasteiger partial charge < -0.3 is 10.6 Å². The third-order valence-electron chi connectivity index (χ3n) is 6.45. The molecule has 2 aromatic carbocycles. The maximum Gasteiger partial charge on any atom is 0.235 e. The van der Waals surface area contributed by atoms with Crippen LogP contribution in [0.2, 0.25) is 0 Å². The zero-order valence-electron chi connectivity index (χ0n) is 15.5. The summed E-state index contributed by atoms with van der Waals surface area (Å²) in [4.78, 5) is 13.3. The molecule has 2 unspecified atom stereocenters. The van der Waals surface area contributed by atoms with Gasteiger partial charge in [0, 0.05) is 5.69 Å². The van der Waals surface area contributed by atoms with Crippen molar-refractivity contribution in [1.29, 1.82) is 0 Å². The largest absolute Gasteiger partial charge is 0.325 e. The molecule has 4 rings (SSSR count). The number of nitrogens with one attached hydrogen (secondary N) is 2. The first kappa shape index (κ1) is 17.3. The molecule has 1 fully saturated rings. The second kappa shape index (κ2) is 7.24. The van der Waals surface area contributed by atoms with Gasteiger partial charge >= 0.3 is 0 Å². The van der Waals surface area contributed by atoms with E-state index in [9.17, 15) is 4.79 Å². The van der Waals surface area contributed by atoms with Crippen molar-refractivity contribution < 1.29 is 4.79 Å². The Kier molecular flexibility index (Phi) is 4.82. The molecular weight excluding hydrogens is 320 g/mol. The van der Waals surface area contributed by atoms with Gasteiger partial charge in [0.2, 0.25) is 5.91 Å². The topological polar surface area (TPSA) is 41.1 Å². The predicted molar refractivity (Wildman–Crippen MR) is 106 cm³/mol. The number of amides is 1. The maximum absolute atomic E-state index is 13.3. The number of hydrogen-bond donors (Lipinski definition) is 2. The summed E-state index contributed by atoms with van der Waals surface area (Å²) >= 11 is 0. The summed E-state index contributed by atoms with van der Waals surface area (Å²) in [5.41, 5.74) is 3.24. The van der Waals surface area contributed by atoms with E-state index in [0.717, 1.165) is 37.9 Å². The lowest BCUT2D eigenvalue weighted by Gasteiger charge is -2.44. The zero-order chi connectivity index (χ0) is 18.0. The Hall–Kier alpha value is -2.13. The first-order chi connectivity index (χ1) is 12.8. The maximum atomic E-state index is 13.3. The van der Waals surface area contributed by atoms with Crippen LogP contribution in [0.25, 0.3) is 0 Å². The lowest BCUT2D eigenvalue weighted by Crippen LogP contribution is -2.46. The van der Waals surface area contributed by atoms with Crippen LogP contribution in [0.15, 0.2) is 54.6 Å². The van der Waals surface area contributed by atoms with Crippen molar-refractivity contribution in [3.8, 4) is 0 Å². The van der Waals surface area contributed by atoms with Gasteiger partial charge in [-0.15, -0.1) is 0 Å². The third-order valence-corrected chi connectivity index (χ3v) is 6.45. The van der Waals surface area contributed by atoms with E-state index in [0.29, 0.717) is 11.8 Å². The third kappa shape index (κ3) is 2.75. The van der Waals surface area contributed by atoms with Gasteiger partial charge in [0.1, 0.15) is 0 Å². The number of rotatable bonds is 5. The second-order valence-corrected chi connectivity index (χ2v) is 7.73. The summed E-state index contributed by atoms with van der Waals surface area (Å²) in [6.07, 6.45) is 5.48. The predicted octanol–water partition coefficient (Wildman–Crippen LogP) is 4.46. The van der Waals surface area contributed by atoms with E-state index >= 15 is 0 Å². The summed E-state index contributed by atoms with van der Waals surface area (Å²) in [5.74, 6) is 0.949. The number of benzene rings is 2. The van der Waals surface area contributed by atoms with Gasteiger partial charge in [-0.3, -0.25) is 4.79 Å². The van der Waals surface area contributed by atoms with Crippen LogP contribution in [0.5, 0.6) is 0 Å². The standard InChI is InChI=1S/C23H28N2O/c1-24-16-14-18(17-9-3-2-4-10-17)19-11-7-8-15-23(19)20-12-5-6-13-21(20)25-22(23)26/h2-6,9-10,12-13,18-19,24H,7-8,11,14-16H2,1H3,(H,25,26)/t18-,19?,23?/m1/s1. The summed E-state index contributed by atoms with van der Waals surface area (Å²) in [6.45, 7) is 0.968. The van der Waals surface area contributed by atoms with Gasteiger partial charge in [-0.1, -0.05) is 61.4 Å². The molecule has 1 aliphatic heterocycles. The molecule has 1 spiro atoms. The monoisotopic (exact) mass is 348 g/mol. The van der Waals surface area contributed by atoms with Crippen molar-refractivity contribution in [3.63, 3.8) is 0 Å². The molecule has 0 aromatic heterocycles. The van der Waals surface area contributed by atoms with Crippen LogP contribution in [0, 0.1) is 5.92 Å². The zero-order valence-corrected chi connectivity index (χ0v) is 15.5. The fraction of sp³-hybridized carbons (Fsp3) is 0.435. The van der Waals surface area contributed by atoms with Crippen LogP contribution < -0.4 is 10.6 Å². The average molecular weight is 348 g/mol. The molecule has 26 heavy (non-hydrogen) atoms. The van der Waals surface area contributed by atoms with Crippen LogP contribution >= 0.6 is 0 Å². The van der Waals surface area contributed by atoms with Crippen molar-refractivity contribution >= 4 is 11.6 Å². The molecule has 1 heterocycles. The fourth-order valence-electron chi connectivity index (χ4n) is 5.30. The average Bonchev–Trinajstić information content (AvgIpc) is 2.96. The van der Waals surface area contributed by atoms with Gasteiger partial charge in [-0.2, -0.15) is 0 Å². The van der Waals surface area contributed by atoms with Crippen LogP contribution in [0.3, 0.4) is 0 Å². The molecule has 0 saturated heterocycles. The molecule has 2 aliphatic rings. The van der Waals surface area contributed by atoms with Gasteiger partial charge in [-0.05, 0) is 61.9 Å². The fourth-order valence-corrected chi connectivity index (χ4v) is 5.30. The van der Waals surface area contributed by atoms with Crippen molar-refractivity contribution in [2.24, 2.45) is 5.92 Å². The Bertz CT molecular complexity index is 773. The van der Waals surface area contributed by atoms with E-state index in [-0.39, 0.29) is 11.3 Å². The van der Waals surface area contributed by atoms with E-state index in [1.54, 1.807) is 0 Å². The molecule has 1 saturated carbocycles. The lowest BCUT2D eigenvalue weighted by atomic mass is 9.57. The van der Waals surface area contributed by atoms with Gasteiger partial charge in [0.05, 0.1) is 5.41 Å². The first-order valence-electron chi connectivity index (χ1n) is 9.88. The van der Waals surface area contributed by atoms with Gasteiger partial charge in [0.25, 0.3) is 0 Å². The highest BCUT2D eigenvalue weighted by atomic mass is 16.2. The minimum Gasteiger partial charge on any atom is -0.325 e. The number of carbonyl (C=O) groups is 1. The van der Waals surface area contributed by atoms with Gasteiger partial charge in [0.15, 0.2) is 0 Å². The van der Waals surface area contributed by atoms with Gasteiger partial charge in [-0.25, -0.2) is 0 Å². The Morgan fingerprint density at radius 3 is 2.69 bits per heavy atom. The summed E-state index contributed by atoms with van der Waals surface area (Å²) in [7, 11) is 2.01. The normalized spacial score (nSPS) is 25.7. The van der Waals surface area contributed by atoms with Crippen molar-refractivity contribution in [3.05, 3.63) is 65.7 Å². The SMILES string of the molecule is CNCC[C@H](c1ccccc1)C1CCCCC12C(=O)Nc1ccccc12. The van der Waals surface area contributed by atoms with Crippen LogP contribution in [-0.2, 0) is 10.2 Å². The van der Waals surface area contributed by atoms with E-state index in [1.807, 2.05) is 13.1 Å². The lowest BCUT2D eigenvalue weighted by molar-refractivity contribution is -0.124. The number of anilines is 1. The molecule has 0 bridgehead atoms. The van der Waals surface area contributed by atoms with E-state index in [1.165, 1.54) is 17.5 Å². The van der Waals surface area contributed by atoms with Crippen LogP contribution in [0.4, 0.5) is 5.69 Å². The minimum absolute atomic E-state index is 0.216. The van der Waals surface area contributed by atoms with E-state index in [2.05, 4.69) is 59.2 Å². The Balaban J connectivity index is 1.80. The summed E-state index contributed by atoms with van der Waals surface area (Å²) in [5, 5.41) is 6.51. The number of carbonyl (C=O) groups excluding carboxylic acids is 1. The molecule has 3 atom stereocenters. The van der Waals surface area contributed by atoms with Crippen LogP contribution in [-0.4, -0.2) is 19.5 Å².